The first-order valence-electron chi connectivity index (χ1n) is 10.7. The molecule has 0 bridgehead atoms. The van der Waals surface area contributed by atoms with Gasteiger partial charge in [0.2, 0.25) is 5.91 Å². The molecular weight excluding hydrogens is 405 g/mol. The fourth-order valence-electron chi connectivity index (χ4n) is 4.24. The predicted molar refractivity (Wildman–Crippen MR) is 123 cm³/mol. The number of β-lactam (4-membered cyclic amide) rings is 1. The third-order valence-electron chi connectivity index (χ3n) is 5.84. The fraction of sp³-hybridized carbons (Fsp3) is 0.185. The van der Waals surface area contributed by atoms with Crippen molar-refractivity contribution >= 4 is 23.6 Å². The molecule has 0 saturated carbocycles. The second kappa shape index (κ2) is 9.60. The van der Waals surface area contributed by atoms with Gasteiger partial charge in [-0.3, -0.25) is 4.79 Å². The average Bonchev–Trinajstić information content (AvgIpc) is 2.81. The van der Waals surface area contributed by atoms with Crippen LogP contribution in [0.15, 0.2) is 84.9 Å². The van der Waals surface area contributed by atoms with Gasteiger partial charge in [0.25, 0.3) is 0 Å². The SMILES string of the molecule is O=C(O)/C=C/c1ccc([C@@H]2[C@@H](CCCc3ccccc3)C(=O)N2c2ccc(F)cc2)cc1. The smallest absolute Gasteiger partial charge is 0.328 e. The van der Waals surface area contributed by atoms with Gasteiger partial charge in [0.05, 0.1) is 12.0 Å². The van der Waals surface area contributed by atoms with E-state index in [9.17, 15) is 14.0 Å². The maximum atomic E-state index is 13.4. The van der Waals surface area contributed by atoms with Crippen molar-refractivity contribution in [3.05, 3.63) is 107 Å². The summed E-state index contributed by atoms with van der Waals surface area (Å²) in [6.07, 6.45) is 5.20. The van der Waals surface area contributed by atoms with Crippen molar-refractivity contribution in [2.24, 2.45) is 5.92 Å². The number of carboxylic acids is 1. The summed E-state index contributed by atoms with van der Waals surface area (Å²) in [7, 11) is 0. The third-order valence-corrected chi connectivity index (χ3v) is 5.84. The zero-order valence-corrected chi connectivity index (χ0v) is 17.5. The lowest BCUT2D eigenvalue weighted by Gasteiger charge is -2.47. The summed E-state index contributed by atoms with van der Waals surface area (Å²) in [5.74, 6) is -1.44. The summed E-state index contributed by atoms with van der Waals surface area (Å²) >= 11 is 0. The molecule has 0 aromatic heterocycles. The van der Waals surface area contributed by atoms with Crippen LogP contribution in [0.25, 0.3) is 6.08 Å². The number of halogens is 1. The summed E-state index contributed by atoms with van der Waals surface area (Å²) in [4.78, 5) is 25.6. The van der Waals surface area contributed by atoms with E-state index >= 15 is 0 Å². The number of aliphatic carboxylic acids is 1. The molecule has 32 heavy (non-hydrogen) atoms. The Bertz CT molecular complexity index is 1110. The van der Waals surface area contributed by atoms with E-state index in [1.807, 2.05) is 42.5 Å². The number of carbonyl (C=O) groups excluding carboxylic acids is 1. The number of hydrogen-bond acceptors (Lipinski definition) is 2. The standard InChI is InChI=1S/C27H24FNO3/c28-22-14-16-23(17-15-22)29-26(21-12-9-20(10-13-21)11-18-25(30)31)24(27(29)32)8-4-7-19-5-2-1-3-6-19/h1-3,5-6,9-18,24,26H,4,7-8H2,(H,30,31)/b18-11+/t24-,26-/m1/s1. The molecule has 2 atom stereocenters. The van der Waals surface area contributed by atoms with Gasteiger partial charge in [0.1, 0.15) is 5.82 Å². The number of hydrogen-bond donors (Lipinski definition) is 1. The van der Waals surface area contributed by atoms with Crippen molar-refractivity contribution in [1.82, 2.24) is 0 Å². The van der Waals surface area contributed by atoms with E-state index < -0.39 is 5.97 Å². The minimum absolute atomic E-state index is 0.0459. The van der Waals surface area contributed by atoms with Gasteiger partial charge in [-0.15, -0.1) is 0 Å². The molecule has 0 radical (unpaired) electrons. The molecule has 162 valence electrons. The summed E-state index contributed by atoms with van der Waals surface area (Å²) in [5, 5.41) is 8.82. The third kappa shape index (κ3) is 4.78. The van der Waals surface area contributed by atoms with Crippen molar-refractivity contribution in [3.8, 4) is 0 Å². The number of benzene rings is 3. The van der Waals surface area contributed by atoms with E-state index in [0.29, 0.717) is 5.69 Å². The summed E-state index contributed by atoms with van der Waals surface area (Å²) in [5.41, 5.74) is 3.68. The molecule has 0 spiro atoms. The van der Waals surface area contributed by atoms with Crippen LogP contribution in [0.3, 0.4) is 0 Å². The van der Waals surface area contributed by atoms with E-state index in [1.54, 1.807) is 17.0 Å². The highest BCUT2D eigenvalue weighted by Crippen LogP contribution is 2.45. The Kier molecular flexibility index (Phi) is 6.45. The van der Waals surface area contributed by atoms with Crippen LogP contribution >= 0.6 is 0 Å². The number of anilines is 1. The number of aryl methyl sites for hydroxylation is 1. The molecule has 1 amide bonds. The van der Waals surface area contributed by atoms with Crippen LogP contribution < -0.4 is 4.90 Å². The van der Waals surface area contributed by atoms with Crippen LogP contribution in [0.5, 0.6) is 0 Å². The normalized spacial score (nSPS) is 18.0. The van der Waals surface area contributed by atoms with E-state index in [2.05, 4.69) is 12.1 Å². The van der Waals surface area contributed by atoms with Crippen molar-refractivity contribution in [2.75, 3.05) is 4.90 Å². The Balaban J connectivity index is 1.54. The van der Waals surface area contributed by atoms with Gasteiger partial charge < -0.3 is 10.0 Å². The second-order valence-corrected chi connectivity index (χ2v) is 7.95. The van der Waals surface area contributed by atoms with Gasteiger partial charge in [-0.1, -0.05) is 54.6 Å². The number of carbonyl (C=O) groups is 2. The summed E-state index contributed by atoms with van der Waals surface area (Å²) in [6, 6.07) is 23.6. The van der Waals surface area contributed by atoms with E-state index in [4.69, 9.17) is 5.11 Å². The van der Waals surface area contributed by atoms with Crippen LogP contribution in [0.2, 0.25) is 0 Å². The molecule has 3 aromatic carbocycles. The highest BCUT2D eigenvalue weighted by Gasteiger charge is 2.48. The summed E-state index contributed by atoms with van der Waals surface area (Å²) in [6.45, 7) is 0. The van der Waals surface area contributed by atoms with Gasteiger partial charge in [-0.25, -0.2) is 9.18 Å². The number of carboxylic acid groups (broad SMARTS) is 1. The largest absolute Gasteiger partial charge is 0.478 e. The monoisotopic (exact) mass is 429 g/mol. The maximum Gasteiger partial charge on any atom is 0.328 e. The zero-order valence-electron chi connectivity index (χ0n) is 17.5. The molecule has 1 N–H and O–H groups in total. The first kappa shape index (κ1) is 21.5. The molecule has 3 aromatic rings. The van der Waals surface area contributed by atoms with Gasteiger partial charge in [0, 0.05) is 11.8 Å². The van der Waals surface area contributed by atoms with Gasteiger partial charge in [-0.05, 0) is 66.3 Å². The molecule has 1 aliphatic heterocycles. The first-order chi connectivity index (χ1) is 15.5. The average molecular weight is 429 g/mol. The van der Waals surface area contributed by atoms with Crippen LogP contribution in [-0.2, 0) is 16.0 Å². The molecule has 4 nitrogen and oxygen atoms in total. The minimum Gasteiger partial charge on any atom is -0.478 e. The Morgan fingerprint density at radius 3 is 2.31 bits per heavy atom. The van der Waals surface area contributed by atoms with Crippen LogP contribution in [0.1, 0.15) is 35.6 Å². The molecule has 1 fully saturated rings. The molecule has 0 unspecified atom stereocenters. The van der Waals surface area contributed by atoms with Gasteiger partial charge in [0.15, 0.2) is 0 Å². The molecule has 1 aliphatic rings. The Morgan fingerprint density at radius 1 is 0.969 bits per heavy atom. The first-order valence-corrected chi connectivity index (χ1v) is 10.7. The van der Waals surface area contributed by atoms with Crippen molar-refractivity contribution in [2.45, 2.75) is 25.3 Å². The molecule has 4 rings (SSSR count). The van der Waals surface area contributed by atoms with Gasteiger partial charge >= 0.3 is 5.97 Å². The Hall–Kier alpha value is -3.73. The van der Waals surface area contributed by atoms with E-state index in [1.165, 1.54) is 23.8 Å². The lowest BCUT2D eigenvalue weighted by atomic mass is 9.78. The van der Waals surface area contributed by atoms with Crippen molar-refractivity contribution in [1.29, 1.82) is 0 Å². The molecule has 1 heterocycles. The van der Waals surface area contributed by atoms with Crippen LogP contribution in [0.4, 0.5) is 10.1 Å². The predicted octanol–water partition coefficient (Wildman–Crippen LogP) is 5.65. The van der Waals surface area contributed by atoms with Crippen LogP contribution in [-0.4, -0.2) is 17.0 Å². The molecule has 1 saturated heterocycles. The lowest BCUT2D eigenvalue weighted by molar-refractivity contribution is -0.132. The Morgan fingerprint density at radius 2 is 1.66 bits per heavy atom. The molecule has 5 heteroatoms. The second-order valence-electron chi connectivity index (χ2n) is 7.95. The quantitative estimate of drug-likeness (QED) is 0.372. The number of amides is 1. The maximum absolute atomic E-state index is 13.4. The molecule has 0 aliphatic carbocycles. The highest BCUT2D eigenvalue weighted by molar-refractivity contribution is 6.03. The Labute approximate surface area is 186 Å². The van der Waals surface area contributed by atoms with Crippen molar-refractivity contribution in [3.63, 3.8) is 0 Å². The zero-order chi connectivity index (χ0) is 22.5. The van der Waals surface area contributed by atoms with Crippen molar-refractivity contribution < 1.29 is 19.1 Å². The topological polar surface area (TPSA) is 57.6 Å². The van der Waals surface area contributed by atoms with Crippen LogP contribution in [0, 0.1) is 11.7 Å². The number of rotatable bonds is 8. The minimum atomic E-state index is -1.00. The lowest BCUT2D eigenvalue weighted by Crippen LogP contribution is -2.55. The van der Waals surface area contributed by atoms with E-state index in [-0.39, 0.29) is 23.7 Å². The van der Waals surface area contributed by atoms with Gasteiger partial charge in [-0.2, -0.15) is 0 Å². The molecular formula is C27H24FNO3. The highest BCUT2D eigenvalue weighted by atomic mass is 19.1. The number of nitrogens with zero attached hydrogens (tertiary/aromatic N) is 1. The fourth-order valence-corrected chi connectivity index (χ4v) is 4.24. The van der Waals surface area contributed by atoms with E-state index in [0.717, 1.165) is 36.5 Å². The summed E-state index contributed by atoms with van der Waals surface area (Å²) < 4.78 is 13.4.